The number of hydrogen-bond donors (Lipinski definition) is 16. The van der Waals surface area contributed by atoms with E-state index in [-0.39, 0.29) is 30.9 Å². The van der Waals surface area contributed by atoms with Gasteiger partial charge in [0.05, 0.1) is 32.1 Å². The molecule has 0 radical (unpaired) electrons. The Morgan fingerprint density at radius 2 is 1.19 bits per heavy atom. The van der Waals surface area contributed by atoms with Gasteiger partial charge in [0, 0.05) is 37.4 Å². The third-order valence-electron chi connectivity index (χ3n) is 9.80. The topological polar surface area (TPSA) is 429 Å². The van der Waals surface area contributed by atoms with Gasteiger partial charge in [0.25, 0.3) is 5.97 Å². The summed E-state index contributed by atoms with van der Waals surface area (Å²) in [5.74, 6) is -9.50. The number of thiol groups is 1. The van der Waals surface area contributed by atoms with Crippen molar-refractivity contribution in [1.82, 2.24) is 52.5 Å². The van der Waals surface area contributed by atoms with E-state index >= 15 is 0 Å². The molecule has 8 unspecified atom stereocenters. The summed E-state index contributed by atoms with van der Waals surface area (Å²) in [6, 6.07) is -2.05. The van der Waals surface area contributed by atoms with E-state index in [9.17, 15) is 58.5 Å². The average molecular weight is 1010 g/mol. The summed E-state index contributed by atoms with van der Waals surface area (Å²) < 4.78 is 0. The van der Waals surface area contributed by atoms with Gasteiger partial charge in [-0.2, -0.15) is 12.6 Å². The van der Waals surface area contributed by atoms with Crippen molar-refractivity contribution in [2.24, 2.45) is 17.4 Å². The van der Waals surface area contributed by atoms with Crippen molar-refractivity contribution in [2.75, 3.05) is 32.1 Å². The number of aromatic nitrogens is 2. The molecular formula is C43H68N12O14S. The van der Waals surface area contributed by atoms with Crippen LogP contribution in [-0.4, -0.2) is 170 Å². The number of aliphatic hydroxyl groups excluding tert-OH is 2. The fraction of sp³-hybridized carbons (Fsp3) is 0.558. The number of H-pyrrole nitrogens is 1. The van der Waals surface area contributed by atoms with Crippen LogP contribution in [0.25, 0.3) is 0 Å². The van der Waals surface area contributed by atoms with Crippen LogP contribution in [0.5, 0.6) is 0 Å². The molecule has 0 aliphatic rings. The van der Waals surface area contributed by atoms with E-state index in [2.05, 4.69) is 65.1 Å². The molecule has 1 aromatic heterocycles. The van der Waals surface area contributed by atoms with Gasteiger partial charge in [-0.25, -0.2) is 9.78 Å². The number of aromatic amines is 1. The van der Waals surface area contributed by atoms with Crippen molar-refractivity contribution in [3.63, 3.8) is 0 Å². The molecule has 0 bridgehead atoms. The maximum Gasteiger partial charge on any atom is 0.326 e. The minimum absolute atomic E-state index is 0.00509. The SMILES string of the molecule is CC(=O)O.CC(C)CC(NC(=O)C(Cc1ccccc1)NC(=O)C(C)NC(=O)C(CS)NC(=O)CNC(=O)C(CO)NC(=O)C(CO)NC(=O)C(Cc1cnc[nH]1)NC(=O)C(N)CCCCN)C(=O)O. The largest absolute Gasteiger partial charge is 0.481 e. The first-order chi connectivity index (χ1) is 33.1. The molecule has 2 rings (SSSR count). The predicted octanol–water partition coefficient (Wildman–Crippen LogP) is -4.68. The molecule has 0 aliphatic heterocycles. The second-order valence-corrected chi connectivity index (χ2v) is 16.6. The summed E-state index contributed by atoms with van der Waals surface area (Å²) in [5, 5.41) is 55.9. The lowest BCUT2D eigenvalue weighted by Gasteiger charge is -2.25. The molecule has 8 atom stereocenters. The van der Waals surface area contributed by atoms with Gasteiger partial charge >= 0.3 is 5.97 Å². The molecule has 390 valence electrons. The Kier molecular flexibility index (Phi) is 28.9. The summed E-state index contributed by atoms with van der Waals surface area (Å²) >= 11 is 4.10. The number of carbonyl (C=O) groups excluding carboxylic acids is 8. The van der Waals surface area contributed by atoms with Crippen molar-refractivity contribution in [3.05, 3.63) is 54.1 Å². The molecule has 17 N–H and O–H groups in total. The molecule has 0 fully saturated rings. The number of imidazole rings is 1. The zero-order valence-electron chi connectivity index (χ0n) is 39.4. The molecule has 27 heteroatoms. The van der Waals surface area contributed by atoms with Crippen LogP contribution in [0, 0.1) is 5.92 Å². The van der Waals surface area contributed by atoms with E-state index in [1.54, 1.807) is 44.2 Å². The first-order valence-corrected chi connectivity index (χ1v) is 22.8. The maximum absolute atomic E-state index is 13.3. The number of nitrogens with one attached hydrogen (secondary N) is 9. The lowest BCUT2D eigenvalue weighted by atomic mass is 10.0. The molecule has 0 spiro atoms. The average Bonchev–Trinajstić information content (AvgIpc) is 3.83. The lowest BCUT2D eigenvalue weighted by molar-refractivity contribution is -0.142. The number of carboxylic acid groups (broad SMARTS) is 2. The van der Waals surface area contributed by atoms with E-state index in [1.807, 2.05) is 0 Å². The van der Waals surface area contributed by atoms with Gasteiger partial charge in [-0.1, -0.05) is 50.6 Å². The van der Waals surface area contributed by atoms with E-state index < -0.39 is 127 Å². The van der Waals surface area contributed by atoms with Gasteiger partial charge in [0.2, 0.25) is 47.3 Å². The maximum atomic E-state index is 13.3. The number of rotatable bonds is 30. The third kappa shape index (κ3) is 24.0. The number of amides is 8. The van der Waals surface area contributed by atoms with E-state index in [0.717, 1.165) is 6.92 Å². The summed E-state index contributed by atoms with van der Waals surface area (Å²) in [4.78, 5) is 132. The number of unbranched alkanes of at least 4 members (excludes halogenated alkanes) is 1. The van der Waals surface area contributed by atoms with Crippen LogP contribution in [0.4, 0.5) is 0 Å². The van der Waals surface area contributed by atoms with Gasteiger partial charge in [0.1, 0.15) is 42.3 Å². The molecular weight excluding hydrogens is 941 g/mol. The van der Waals surface area contributed by atoms with Gasteiger partial charge in [-0.15, -0.1) is 0 Å². The molecule has 8 amide bonds. The Labute approximate surface area is 409 Å². The monoisotopic (exact) mass is 1010 g/mol. The fourth-order valence-corrected chi connectivity index (χ4v) is 6.36. The normalized spacial score (nSPS) is 14.2. The van der Waals surface area contributed by atoms with Gasteiger partial charge < -0.3 is 79.4 Å². The number of nitrogens with zero attached hydrogens (tertiary/aromatic N) is 1. The Morgan fingerprint density at radius 1 is 0.671 bits per heavy atom. The van der Waals surface area contributed by atoms with Crippen LogP contribution in [0.1, 0.15) is 64.6 Å². The number of benzene rings is 1. The molecule has 26 nitrogen and oxygen atoms in total. The van der Waals surface area contributed by atoms with Crippen LogP contribution in [0.2, 0.25) is 0 Å². The first kappa shape index (κ1) is 61.3. The highest BCUT2D eigenvalue weighted by atomic mass is 32.1. The molecule has 1 heterocycles. The van der Waals surface area contributed by atoms with E-state index in [1.165, 1.54) is 19.4 Å². The summed E-state index contributed by atoms with van der Waals surface area (Å²) in [7, 11) is 0. The van der Waals surface area contributed by atoms with Gasteiger partial charge in [-0.05, 0) is 44.2 Å². The van der Waals surface area contributed by atoms with Crippen molar-refractivity contribution in [2.45, 2.75) is 115 Å². The second-order valence-electron chi connectivity index (χ2n) is 16.3. The molecule has 1 aromatic carbocycles. The zero-order valence-corrected chi connectivity index (χ0v) is 40.3. The van der Waals surface area contributed by atoms with Crippen LogP contribution >= 0.6 is 12.6 Å². The third-order valence-corrected chi connectivity index (χ3v) is 10.2. The van der Waals surface area contributed by atoms with Crippen molar-refractivity contribution in [1.29, 1.82) is 0 Å². The molecule has 0 aliphatic carbocycles. The van der Waals surface area contributed by atoms with Crippen LogP contribution in [0.15, 0.2) is 42.9 Å². The fourth-order valence-electron chi connectivity index (χ4n) is 6.11. The Balaban J connectivity index is 0.00000588. The number of hydrogen-bond acceptors (Lipinski definition) is 16. The minimum atomic E-state index is -1.69. The second kappa shape index (κ2) is 33.0. The highest BCUT2D eigenvalue weighted by Crippen LogP contribution is 2.09. The van der Waals surface area contributed by atoms with Crippen LogP contribution < -0.4 is 54.0 Å². The lowest BCUT2D eigenvalue weighted by Crippen LogP contribution is -2.60. The summed E-state index contributed by atoms with van der Waals surface area (Å²) in [6.45, 7) is 3.67. The summed E-state index contributed by atoms with van der Waals surface area (Å²) in [5.41, 5.74) is 12.6. The Morgan fingerprint density at radius 3 is 1.70 bits per heavy atom. The Hall–Kier alpha value is -6.68. The smallest absolute Gasteiger partial charge is 0.326 e. The Bertz CT molecular complexity index is 2010. The van der Waals surface area contributed by atoms with Crippen LogP contribution in [-0.2, 0) is 60.8 Å². The number of carbonyl (C=O) groups is 10. The first-order valence-electron chi connectivity index (χ1n) is 22.2. The number of aliphatic hydroxyl groups is 2. The predicted molar refractivity (Wildman–Crippen MR) is 254 cm³/mol. The number of nitrogens with two attached hydrogens (primary N) is 2. The summed E-state index contributed by atoms with van der Waals surface area (Å²) in [6.07, 6.45) is 4.28. The highest BCUT2D eigenvalue weighted by Gasteiger charge is 2.32. The van der Waals surface area contributed by atoms with Crippen molar-refractivity contribution in [3.8, 4) is 0 Å². The number of carboxylic acids is 2. The highest BCUT2D eigenvalue weighted by molar-refractivity contribution is 7.80. The zero-order chi connectivity index (χ0) is 52.9. The molecule has 70 heavy (non-hydrogen) atoms. The molecule has 0 saturated heterocycles. The van der Waals surface area contributed by atoms with E-state index in [0.29, 0.717) is 37.1 Å². The molecule has 0 saturated carbocycles. The van der Waals surface area contributed by atoms with E-state index in [4.69, 9.17) is 21.4 Å². The van der Waals surface area contributed by atoms with Gasteiger partial charge in [-0.3, -0.25) is 43.2 Å². The molecule has 2 aromatic rings. The minimum Gasteiger partial charge on any atom is -0.481 e. The quantitative estimate of drug-likeness (QED) is 0.0258. The van der Waals surface area contributed by atoms with Crippen molar-refractivity contribution < 1.29 is 68.4 Å². The van der Waals surface area contributed by atoms with Gasteiger partial charge in [0.15, 0.2) is 0 Å². The van der Waals surface area contributed by atoms with Crippen LogP contribution in [0.3, 0.4) is 0 Å². The standard InChI is InChI=1S/C41H64N12O12S.C2H4O2/c1-22(2)13-29(41(64)65)51-37(60)27(14-24-9-5-4-6-10-24)49-34(57)23(3)47-40(63)32(20-66)48-33(56)17-45-36(59)30(18-54)52-39(62)31(19-55)53-38(61)28(15-25-16-44-21-46-25)50-35(58)26(43)11-7-8-12-42;1-2(3)4/h4-6,9-10,16,21-23,26-32,54-55,66H,7-8,11-15,17-20,42-43H2,1-3H3,(H,44,46)(H,45,59)(H,47,63)(H,48,56)(H,49,57)(H,50,58)(H,51,60)(H,52,62)(H,53,61)(H,64,65);1H3,(H,3,4). The van der Waals surface area contributed by atoms with Crippen molar-refractivity contribution >= 4 is 71.8 Å². The number of aliphatic carboxylic acids is 2.